The van der Waals surface area contributed by atoms with E-state index >= 15 is 0 Å². The zero-order valence-corrected chi connectivity index (χ0v) is 21.8. The number of carbonyl (C=O) groups excluding carboxylic acids is 3. The fraction of sp³-hybridized carbons (Fsp3) is 0.500. The van der Waals surface area contributed by atoms with Crippen LogP contribution in [-0.2, 0) is 28.9 Å². The fourth-order valence-electron chi connectivity index (χ4n) is 5.62. The van der Waals surface area contributed by atoms with Crippen molar-refractivity contribution < 1.29 is 19.1 Å². The van der Waals surface area contributed by atoms with Gasteiger partial charge in [0.15, 0.2) is 6.29 Å². The van der Waals surface area contributed by atoms with E-state index in [-0.39, 0.29) is 23.6 Å². The number of fused-ring (bicyclic) bond motifs is 1. The first-order valence-electron chi connectivity index (χ1n) is 13.2. The summed E-state index contributed by atoms with van der Waals surface area (Å²) in [4.78, 5) is 49.8. The molecule has 198 valence electrons. The van der Waals surface area contributed by atoms with Crippen molar-refractivity contribution in [2.24, 2.45) is 11.8 Å². The quantitative estimate of drug-likeness (QED) is 0.558. The van der Waals surface area contributed by atoms with E-state index < -0.39 is 6.03 Å². The lowest BCUT2D eigenvalue weighted by Gasteiger charge is -2.35. The van der Waals surface area contributed by atoms with Crippen LogP contribution >= 0.6 is 0 Å². The molecule has 0 radical (unpaired) electrons. The number of amides is 3. The zero-order valence-electron chi connectivity index (χ0n) is 21.8. The summed E-state index contributed by atoms with van der Waals surface area (Å²) in [5.41, 5.74) is 3.13. The third kappa shape index (κ3) is 4.98. The number of pyridine rings is 2. The van der Waals surface area contributed by atoms with Crippen LogP contribution in [0.1, 0.15) is 65.3 Å². The van der Waals surface area contributed by atoms with Crippen molar-refractivity contribution in [1.29, 1.82) is 5.26 Å². The molecule has 3 atom stereocenters. The lowest BCUT2D eigenvalue weighted by molar-refractivity contribution is -0.131. The third-order valence-corrected chi connectivity index (χ3v) is 8.04. The van der Waals surface area contributed by atoms with Crippen molar-refractivity contribution in [3.63, 3.8) is 0 Å². The highest BCUT2D eigenvalue weighted by Gasteiger charge is 2.32. The summed E-state index contributed by atoms with van der Waals surface area (Å²) in [5, 5.41) is 12.4. The van der Waals surface area contributed by atoms with Crippen LogP contribution in [0.4, 0.5) is 16.4 Å². The van der Waals surface area contributed by atoms with E-state index in [0.717, 1.165) is 43.2 Å². The molecule has 1 saturated carbocycles. The number of carbonyl (C=O) groups is 3. The van der Waals surface area contributed by atoms with E-state index in [9.17, 15) is 19.6 Å². The van der Waals surface area contributed by atoms with E-state index in [1.165, 1.54) is 11.1 Å². The largest absolute Gasteiger partial charge is 0.381 e. The molecule has 2 aromatic heterocycles. The third-order valence-electron chi connectivity index (χ3n) is 8.04. The Morgan fingerprint density at radius 3 is 2.76 bits per heavy atom. The van der Waals surface area contributed by atoms with Gasteiger partial charge in [-0.25, -0.2) is 14.8 Å². The highest BCUT2D eigenvalue weighted by Crippen LogP contribution is 2.34. The number of ether oxygens (including phenoxy) is 1. The standard InChI is InChI=1S/C28H32N6O4/c1-17-7-9-33(27(17)36)15-21-11-19-4-3-8-34(26(19)31-23(21)16-35)28(37)32-25-12-20(22(13-29)14-30-25)10-18-5-6-24(18)38-2/h11-12,14,16-18,24H,3-10,15H2,1-2H3,(H,30,32,37)/t17-,18-,24-/m1/s1. The van der Waals surface area contributed by atoms with Crippen LogP contribution in [0.2, 0.25) is 0 Å². The number of hydrogen-bond acceptors (Lipinski definition) is 7. The summed E-state index contributed by atoms with van der Waals surface area (Å²) >= 11 is 0. The Hall–Kier alpha value is -3.84. The molecule has 2 fully saturated rings. The van der Waals surface area contributed by atoms with Gasteiger partial charge in [0.05, 0.1) is 11.7 Å². The molecule has 3 amide bonds. The predicted octanol–water partition coefficient (Wildman–Crippen LogP) is 3.48. The van der Waals surface area contributed by atoms with Gasteiger partial charge in [-0.15, -0.1) is 0 Å². The van der Waals surface area contributed by atoms with E-state index in [1.807, 2.05) is 13.0 Å². The van der Waals surface area contributed by atoms with Gasteiger partial charge in [-0.2, -0.15) is 5.26 Å². The molecule has 10 nitrogen and oxygen atoms in total. The highest BCUT2D eigenvalue weighted by molar-refractivity contribution is 6.01. The first kappa shape index (κ1) is 25.8. The van der Waals surface area contributed by atoms with Gasteiger partial charge in [-0.3, -0.25) is 19.8 Å². The van der Waals surface area contributed by atoms with Crippen molar-refractivity contribution in [2.45, 2.75) is 58.1 Å². The highest BCUT2D eigenvalue weighted by atomic mass is 16.5. The Morgan fingerprint density at radius 2 is 2.11 bits per heavy atom. The zero-order chi connectivity index (χ0) is 26.8. The average molecular weight is 517 g/mol. The Labute approximate surface area is 222 Å². The van der Waals surface area contributed by atoms with Gasteiger partial charge < -0.3 is 9.64 Å². The van der Waals surface area contributed by atoms with E-state index in [4.69, 9.17) is 4.74 Å². The van der Waals surface area contributed by atoms with Gasteiger partial charge in [0.2, 0.25) is 5.91 Å². The molecule has 0 unspecified atom stereocenters. The average Bonchev–Trinajstić information content (AvgIpc) is 3.22. The number of methoxy groups -OCH3 is 1. The normalized spacial score (nSPS) is 22.4. The second kappa shape index (κ2) is 10.9. The molecule has 0 spiro atoms. The number of nitriles is 1. The summed E-state index contributed by atoms with van der Waals surface area (Å²) in [7, 11) is 1.70. The summed E-state index contributed by atoms with van der Waals surface area (Å²) in [6.07, 6.45) is 7.37. The molecule has 2 aromatic rings. The second-order valence-electron chi connectivity index (χ2n) is 10.4. The number of hydrogen-bond donors (Lipinski definition) is 1. The number of anilines is 2. The first-order chi connectivity index (χ1) is 18.4. The minimum atomic E-state index is -0.395. The SMILES string of the molecule is CO[C@@H]1CC[C@@H]1Cc1cc(NC(=O)N2CCCc3cc(CN4CC[C@@H](C)C4=O)c(C=O)nc32)ncc1C#N. The minimum Gasteiger partial charge on any atom is -0.381 e. The van der Waals surface area contributed by atoms with Gasteiger partial charge >= 0.3 is 6.03 Å². The molecule has 38 heavy (non-hydrogen) atoms. The number of likely N-dealkylation sites (tertiary alicyclic amines) is 1. The minimum absolute atomic E-state index is 0.00840. The molecule has 2 aliphatic heterocycles. The predicted molar refractivity (Wildman–Crippen MR) is 140 cm³/mol. The molecule has 0 aromatic carbocycles. The molecule has 5 rings (SSSR count). The van der Waals surface area contributed by atoms with Gasteiger partial charge in [-0.1, -0.05) is 6.92 Å². The van der Waals surface area contributed by atoms with Crippen LogP contribution < -0.4 is 10.2 Å². The van der Waals surface area contributed by atoms with Crippen molar-refractivity contribution in [3.8, 4) is 6.07 Å². The topological polar surface area (TPSA) is 129 Å². The first-order valence-corrected chi connectivity index (χ1v) is 13.2. The van der Waals surface area contributed by atoms with Gasteiger partial charge in [0, 0.05) is 44.4 Å². The lowest BCUT2D eigenvalue weighted by atomic mass is 9.77. The maximum Gasteiger partial charge on any atom is 0.328 e. The molecule has 3 aliphatic rings. The monoisotopic (exact) mass is 516 g/mol. The molecule has 1 saturated heterocycles. The summed E-state index contributed by atoms with van der Waals surface area (Å²) in [6.45, 7) is 3.37. The molecule has 1 N–H and O–H groups in total. The second-order valence-corrected chi connectivity index (χ2v) is 10.4. The van der Waals surface area contributed by atoms with E-state index in [0.29, 0.717) is 61.0 Å². The van der Waals surface area contributed by atoms with Crippen LogP contribution in [0.3, 0.4) is 0 Å². The molecule has 1 aliphatic carbocycles. The Bertz CT molecular complexity index is 1300. The van der Waals surface area contributed by atoms with Crippen molar-refractivity contribution in [1.82, 2.24) is 14.9 Å². The van der Waals surface area contributed by atoms with Crippen molar-refractivity contribution in [3.05, 3.63) is 46.3 Å². The lowest BCUT2D eigenvalue weighted by Crippen LogP contribution is -2.40. The maximum atomic E-state index is 13.3. The maximum absolute atomic E-state index is 13.3. The Morgan fingerprint density at radius 1 is 1.26 bits per heavy atom. The van der Waals surface area contributed by atoms with Crippen LogP contribution in [-0.4, -0.2) is 59.4 Å². The van der Waals surface area contributed by atoms with Crippen molar-refractivity contribution >= 4 is 29.9 Å². The van der Waals surface area contributed by atoms with Crippen LogP contribution in [0, 0.1) is 23.2 Å². The number of aromatic nitrogens is 2. The smallest absolute Gasteiger partial charge is 0.328 e. The van der Waals surface area contributed by atoms with Gasteiger partial charge in [-0.05, 0) is 67.7 Å². The number of rotatable bonds is 7. The Kier molecular flexibility index (Phi) is 7.38. The number of nitrogens with zero attached hydrogens (tertiary/aromatic N) is 5. The molecule has 4 heterocycles. The van der Waals surface area contributed by atoms with Crippen LogP contribution in [0.5, 0.6) is 0 Å². The van der Waals surface area contributed by atoms with E-state index in [1.54, 1.807) is 18.1 Å². The van der Waals surface area contributed by atoms with Crippen molar-refractivity contribution in [2.75, 3.05) is 30.4 Å². The van der Waals surface area contributed by atoms with Gasteiger partial charge in [0.1, 0.15) is 23.4 Å². The Balaban J connectivity index is 1.35. The summed E-state index contributed by atoms with van der Waals surface area (Å²) in [6, 6.07) is 5.46. The van der Waals surface area contributed by atoms with Gasteiger partial charge in [0.25, 0.3) is 0 Å². The number of nitrogens with one attached hydrogen (secondary N) is 1. The molecular formula is C28H32N6O4. The molecule has 0 bridgehead atoms. The number of aryl methyl sites for hydroxylation is 1. The molecular weight excluding hydrogens is 484 g/mol. The number of urea groups is 1. The fourth-order valence-corrected chi connectivity index (χ4v) is 5.62. The molecule has 10 heteroatoms. The van der Waals surface area contributed by atoms with Crippen LogP contribution in [0.25, 0.3) is 0 Å². The number of aldehydes is 1. The summed E-state index contributed by atoms with van der Waals surface area (Å²) in [5.74, 6) is 1.23. The van der Waals surface area contributed by atoms with Crippen LogP contribution in [0.15, 0.2) is 18.3 Å². The summed E-state index contributed by atoms with van der Waals surface area (Å²) < 4.78 is 5.50. The van der Waals surface area contributed by atoms with E-state index in [2.05, 4.69) is 21.4 Å².